The van der Waals surface area contributed by atoms with Crippen LogP contribution in [0, 0.1) is 5.82 Å². The zero-order chi connectivity index (χ0) is 13.7. The molecule has 1 aromatic carbocycles. The lowest BCUT2D eigenvalue weighted by Gasteiger charge is -2.21. The summed E-state index contributed by atoms with van der Waals surface area (Å²) in [6.07, 6.45) is 3.44. The first kappa shape index (κ1) is 13.4. The van der Waals surface area contributed by atoms with Crippen molar-refractivity contribution in [2.24, 2.45) is 0 Å². The molecule has 2 rings (SSSR count). The van der Waals surface area contributed by atoms with Gasteiger partial charge < -0.3 is 10.2 Å². The Balaban J connectivity index is 2.26. The van der Waals surface area contributed by atoms with E-state index >= 15 is 0 Å². The van der Waals surface area contributed by atoms with Crippen LogP contribution in [-0.4, -0.2) is 23.6 Å². The number of hydrogen-bond donors (Lipinski definition) is 1. The van der Waals surface area contributed by atoms with Gasteiger partial charge in [0.1, 0.15) is 5.82 Å². The van der Waals surface area contributed by atoms with E-state index in [2.05, 4.69) is 15.3 Å². The van der Waals surface area contributed by atoms with Crippen molar-refractivity contribution in [1.82, 2.24) is 15.3 Å². The van der Waals surface area contributed by atoms with Gasteiger partial charge in [-0.25, -0.2) is 9.37 Å². The van der Waals surface area contributed by atoms with E-state index in [1.54, 1.807) is 18.5 Å². The summed E-state index contributed by atoms with van der Waals surface area (Å²) in [6, 6.07) is 6.47. The number of nitrogens with one attached hydrogen (secondary N) is 1. The van der Waals surface area contributed by atoms with E-state index in [9.17, 15) is 4.39 Å². The van der Waals surface area contributed by atoms with E-state index in [0.717, 1.165) is 11.4 Å². The fourth-order valence-corrected chi connectivity index (χ4v) is 1.88. The SMILES string of the molecule is CCN(c1cccc(F)c1)c1cnc(CNC)cn1. The predicted octanol–water partition coefficient (Wildman–Crippen LogP) is 2.49. The van der Waals surface area contributed by atoms with Crippen molar-refractivity contribution in [2.45, 2.75) is 13.5 Å². The van der Waals surface area contributed by atoms with Crippen LogP contribution >= 0.6 is 0 Å². The summed E-state index contributed by atoms with van der Waals surface area (Å²) in [7, 11) is 1.86. The van der Waals surface area contributed by atoms with Crippen molar-refractivity contribution in [1.29, 1.82) is 0 Å². The smallest absolute Gasteiger partial charge is 0.151 e. The van der Waals surface area contributed by atoms with E-state index in [4.69, 9.17) is 0 Å². The largest absolute Gasteiger partial charge is 0.325 e. The van der Waals surface area contributed by atoms with Crippen LogP contribution < -0.4 is 10.2 Å². The van der Waals surface area contributed by atoms with Gasteiger partial charge in [0.15, 0.2) is 5.82 Å². The first-order valence-corrected chi connectivity index (χ1v) is 6.23. The second kappa shape index (κ2) is 6.24. The zero-order valence-corrected chi connectivity index (χ0v) is 11.1. The molecule has 0 saturated heterocycles. The van der Waals surface area contributed by atoms with E-state index in [-0.39, 0.29) is 5.82 Å². The number of benzene rings is 1. The van der Waals surface area contributed by atoms with Crippen molar-refractivity contribution < 1.29 is 4.39 Å². The minimum Gasteiger partial charge on any atom is -0.325 e. The summed E-state index contributed by atoms with van der Waals surface area (Å²) in [6.45, 7) is 3.37. The molecule has 0 radical (unpaired) electrons. The zero-order valence-electron chi connectivity index (χ0n) is 11.1. The highest BCUT2D eigenvalue weighted by Crippen LogP contribution is 2.23. The van der Waals surface area contributed by atoms with Gasteiger partial charge in [0.2, 0.25) is 0 Å². The topological polar surface area (TPSA) is 41.1 Å². The van der Waals surface area contributed by atoms with Crippen molar-refractivity contribution in [3.05, 3.63) is 48.2 Å². The number of rotatable bonds is 5. The highest BCUT2D eigenvalue weighted by Gasteiger charge is 2.09. The lowest BCUT2D eigenvalue weighted by molar-refractivity contribution is 0.627. The molecule has 0 aliphatic heterocycles. The monoisotopic (exact) mass is 260 g/mol. The highest BCUT2D eigenvalue weighted by atomic mass is 19.1. The average Bonchev–Trinajstić information content (AvgIpc) is 2.42. The Morgan fingerprint density at radius 1 is 1.26 bits per heavy atom. The Kier molecular flexibility index (Phi) is 4.41. The molecule has 0 unspecified atom stereocenters. The molecule has 0 spiro atoms. The standard InChI is InChI=1S/C14H17FN4/c1-3-19(13-6-4-5-11(15)7-13)14-10-17-12(8-16-2)9-18-14/h4-7,9-10,16H,3,8H2,1-2H3. The van der Waals surface area contributed by atoms with Gasteiger partial charge in [0.25, 0.3) is 0 Å². The summed E-state index contributed by atoms with van der Waals surface area (Å²) in [5, 5.41) is 3.02. The Bertz CT molecular complexity index is 527. The molecule has 0 atom stereocenters. The number of halogens is 1. The van der Waals surface area contributed by atoms with Crippen LogP contribution in [0.5, 0.6) is 0 Å². The Labute approximate surface area is 112 Å². The second-order valence-electron chi connectivity index (χ2n) is 4.12. The predicted molar refractivity (Wildman–Crippen MR) is 73.9 cm³/mol. The number of nitrogens with zero attached hydrogens (tertiary/aromatic N) is 3. The summed E-state index contributed by atoms with van der Waals surface area (Å²) in [4.78, 5) is 10.6. The molecule has 0 amide bonds. The van der Waals surface area contributed by atoms with Crippen LogP contribution in [0.4, 0.5) is 15.9 Å². The third-order valence-electron chi connectivity index (χ3n) is 2.76. The Morgan fingerprint density at radius 2 is 2.11 bits per heavy atom. The molecule has 2 aromatic rings. The molecule has 1 N–H and O–H groups in total. The lowest BCUT2D eigenvalue weighted by Crippen LogP contribution is -2.18. The van der Waals surface area contributed by atoms with Gasteiger partial charge in [-0.05, 0) is 32.2 Å². The van der Waals surface area contributed by atoms with Crippen LogP contribution in [0.15, 0.2) is 36.7 Å². The second-order valence-corrected chi connectivity index (χ2v) is 4.12. The van der Waals surface area contributed by atoms with Crippen molar-refractivity contribution in [3.63, 3.8) is 0 Å². The van der Waals surface area contributed by atoms with E-state index in [1.165, 1.54) is 12.1 Å². The molecule has 100 valence electrons. The van der Waals surface area contributed by atoms with Gasteiger partial charge in [0, 0.05) is 18.8 Å². The van der Waals surface area contributed by atoms with Crippen LogP contribution in [0.3, 0.4) is 0 Å². The molecular formula is C14H17FN4. The van der Waals surface area contributed by atoms with E-state index in [0.29, 0.717) is 18.9 Å². The van der Waals surface area contributed by atoms with Gasteiger partial charge in [-0.15, -0.1) is 0 Å². The Hall–Kier alpha value is -2.01. The molecule has 0 aliphatic rings. The highest BCUT2D eigenvalue weighted by molar-refractivity contribution is 5.58. The molecule has 0 fully saturated rings. The van der Waals surface area contributed by atoms with Crippen molar-refractivity contribution >= 4 is 11.5 Å². The van der Waals surface area contributed by atoms with E-state index < -0.39 is 0 Å². The van der Waals surface area contributed by atoms with Crippen LogP contribution in [0.25, 0.3) is 0 Å². The number of hydrogen-bond acceptors (Lipinski definition) is 4. The lowest BCUT2D eigenvalue weighted by atomic mass is 10.2. The summed E-state index contributed by atoms with van der Waals surface area (Å²) in [5.41, 5.74) is 1.65. The first-order valence-electron chi connectivity index (χ1n) is 6.23. The van der Waals surface area contributed by atoms with Crippen molar-refractivity contribution in [3.8, 4) is 0 Å². The normalized spacial score (nSPS) is 10.5. The van der Waals surface area contributed by atoms with Gasteiger partial charge in [-0.2, -0.15) is 0 Å². The Morgan fingerprint density at radius 3 is 2.68 bits per heavy atom. The number of aromatic nitrogens is 2. The van der Waals surface area contributed by atoms with Gasteiger partial charge in [0.05, 0.1) is 18.1 Å². The van der Waals surface area contributed by atoms with Crippen molar-refractivity contribution in [2.75, 3.05) is 18.5 Å². The van der Waals surface area contributed by atoms with Crippen LogP contribution in [0.1, 0.15) is 12.6 Å². The third-order valence-corrected chi connectivity index (χ3v) is 2.76. The quantitative estimate of drug-likeness (QED) is 0.896. The fraction of sp³-hybridized carbons (Fsp3) is 0.286. The summed E-state index contributed by atoms with van der Waals surface area (Å²) in [5.74, 6) is 0.462. The molecule has 1 aromatic heterocycles. The molecule has 0 bridgehead atoms. The average molecular weight is 260 g/mol. The van der Waals surface area contributed by atoms with E-state index in [1.807, 2.05) is 24.9 Å². The summed E-state index contributed by atoms with van der Waals surface area (Å²) >= 11 is 0. The van der Waals surface area contributed by atoms with Gasteiger partial charge >= 0.3 is 0 Å². The molecule has 0 saturated carbocycles. The molecule has 0 aliphatic carbocycles. The van der Waals surface area contributed by atoms with Gasteiger partial charge in [-0.1, -0.05) is 6.07 Å². The molecule has 4 nitrogen and oxygen atoms in total. The van der Waals surface area contributed by atoms with Crippen LogP contribution in [0.2, 0.25) is 0 Å². The molecule has 1 heterocycles. The number of anilines is 2. The first-order chi connectivity index (χ1) is 9.24. The van der Waals surface area contributed by atoms with Gasteiger partial charge in [-0.3, -0.25) is 4.98 Å². The fourth-order valence-electron chi connectivity index (χ4n) is 1.88. The maximum Gasteiger partial charge on any atom is 0.151 e. The minimum absolute atomic E-state index is 0.254. The molecule has 5 heteroatoms. The summed E-state index contributed by atoms with van der Waals surface area (Å²) < 4.78 is 13.3. The molecular weight excluding hydrogens is 243 g/mol. The maximum absolute atomic E-state index is 13.3. The molecule has 19 heavy (non-hydrogen) atoms. The minimum atomic E-state index is -0.254. The van der Waals surface area contributed by atoms with Crippen LogP contribution in [-0.2, 0) is 6.54 Å². The maximum atomic E-state index is 13.3. The third kappa shape index (κ3) is 3.26.